The van der Waals surface area contributed by atoms with Gasteiger partial charge in [0.1, 0.15) is 16.2 Å². The number of nitrogens with zero attached hydrogens (tertiary/aromatic N) is 1. The number of rotatable bonds is 5. The van der Waals surface area contributed by atoms with Crippen LogP contribution >= 0.6 is 24.0 Å². The van der Waals surface area contributed by atoms with Crippen molar-refractivity contribution in [2.24, 2.45) is 0 Å². The number of thiocarbonyl (C=S) groups is 1. The fraction of sp³-hybridized carbons (Fsp3) is 0.105. The number of hydrogen-bond donors (Lipinski definition) is 1. The van der Waals surface area contributed by atoms with Gasteiger partial charge in [-0.3, -0.25) is 9.69 Å². The lowest BCUT2D eigenvalue weighted by Crippen LogP contribution is -2.45. The van der Waals surface area contributed by atoms with Crippen LogP contribution in [0.15, 0.2) is 59.5 Å². The normalized spacial score (nSPS) is 17.0. The lowest BCUT2D eigenvalue weighted by atomic mass is 10.0. The number of carbonyl (C=O) groups is 2. The van der Waals surface area contributed by atoms with Gasteiger partial charge in [0.2, 0.25) is 0 Å². The molecule has 1 aliphatic rings. The van der Waals surface area contributed by atoms with Crippen molar-refractivity contribution in [1.82, 2.24) is 4.90 Å². The van der Waals surface area contributed by atoms with Gasteiger partial charge in [-0.05, 0) is 29.3 Å². The molecule has 26 heavy (non-hydrogen) atoms. The number of benzene rings is 2. The van der Waals surface area contributed by atoms with Crippen LogP contribution in [-0.2, 0) is 16.0 Å². The molecule has 1 unspecified atom stereocenters. The van der Waals surface area contributed by atoms with E-state index in [9.17, 15) is 19.1 Å². The Bertz CT molecular complexity index is 899. The minimum absolute atomic E-state index is 0.149. The standard InChI is InChI=1S/C19H14FNO3S2/c20-14-8-4-7-13(9-14)11-16-17(22)21(19(25)26-16)15(18(23)24)10-12-5-2-1-3-6-12/h1-9,11,15H,10H2,(H,23,24)/b16-11+. The van der Waals surface area contributed by atoms with E-state index in [0.717, 1.165) is 22.2 Å². The van der Waals surface area contributed by atoms with Crippen LogP contribution in [0.2, 0.25) is 0 Å². The molecule has 3 rings (SSSR count). The molecule has 7 heteroatoms. The van der Waals surface area contributed by atoms with Crippen LogP contribution in [0.3, 0.4) is 0 Å². The fourth-order valence-corrected chi connectivity index (χ4v) is 3.98. The van der Waals surface area contributed by atoms with Crippen LogP contribution in [-0.4, -0.2) is 32.2 Å². The highest BCUT2D eigenvalue weighted by molar-refractivity contribution is 8.26. The van der Waals surface area contributed by atoms with Gasteiger partial charge in [0.05, 0.1) is 4.91 Å². The van der Waals surface area contributed by atoms with E-state index in [4.69, 9.17) is 12.2 Å². The van der Waals surface area contributed by atoms with E-state index in [1.54, 1.807) is 18.2 Å². The third-order valence-corrected chi connectivity index (χ3v) is 5.17. The van der Waals surface area contributed by atoms with Crippen molar-refractivity contribution >= 4 is 46.3 Å². The Morgan fingerprint density at radius 1 is 1.23 bits per heavy atom. The molecule has 1 heterocycles. The van der Waals surface area contributed by atoms with Gasteiger partial charge in [-0.25, -0.2) is 9.18 Å². The van der Waals surface area contributed by atoms with Crippen molar-refractivity contribution in [3.05, 3.63) is 76.4 Å². The lowest BCUT2D eigenvalue weighted by molar-refractivity contribution is -0.145. The highest BCUT2D eigenvalue weighted by atomic mass is 32.2. The van der Waals surface area contributed by atoms with E-state index in [0.29, 0.717) is 5.56 Å². The Hall–Kier alpha value is -2.51. The van der Waals surface area contributed by atoms with Crippen LogP contribution in [0.4, 0.5) is 4.39 Å². The molecule has 2 aromatic rings. The van der Waals surface area contributed by atoms with Crippen molar-refractivity contribution in [3.8, 4) is 0 Å². The molecule has 1 amide bonds. The van der Waals surface area contributed by atoms with Gasteiger partial charge in [0, 0.05) is 6.42 Å². The van der Waals surface area contributed by atoms with E-state index in [-0.39, 0.29) is 15.6 Å². The average molecular weight is 387 g/mol. The van der Waals surface area contributed by atoms with Crippen LogP contribution in [0, 0.1) is 5.82 Å². The van der Waals surface area contributed by atoms with Crippen molar-refractivity contribution in [2.45, 2.75) is 12.5 Å². The predicted octanol–water partition coefficient (Wildman–Crippen LogP) is 3.72. The maximum absolute atomic E-state index is 13.3. The molecule has 132 valence electrons. The summed E-state index contributed by atoms with van der Waals surface area (Å²) in [5.74, 6) is -2.02. The number of carbonyl (C=O) groups excluding carboxylic acids is 1. The van der Waals surface area contributed by atoms with Gasteiger partial charge >= 0.3 is 5.97 Å². The first-order chi connectivity index (χ1) is 12.5. The van der Waals surface area contributed by atoms with Gasteiger partial charge in [-0.2, -0.15) is 0 Å². The minimum atomic E-state index is -1.13. The third-order valence-electron chi connectivity index (χ3n) is 3.84. The molecule has 1 atom stereocenters. The molecule has 4 nitrogen and oxygen atoms in total. The molecule has 1 saturated heterocycles. The molecule has 0 spiro atoms. The van der Waals surface area contributed by atoms with E-state index < -0.39 is 23.7 Å². The average Bonchev–Trinajstić information content (AvgIpc) is 2.87. The fourth-order valence-electron chi connectivity index (χ4n) is 2.62. The number of halogens is 1. The number of hydrogen-bond acceptors (Lipinski definition) is 4. The number of thioether (sulfide) groups is 1. The summed E-state index contributed by atoms with van der Waals surface area (Å²) in [4.78, 5) is 25.9. The molecule has 0 radical (unpaired) electrons. The van der Waals surface area contributed by atoms with Gasteiger partial charge < -0.3 is 5.11 Å². The molecular formula is C19H14FNO3S2. The van der Waals surface area contributed by atoms with Crippen LogP contribution < -0.4 is 0 Å². The quantitative estimate of drug-likeness (QED) is 0.626. The van der Waals surface area contributed by atoms with Crippen molar-refractivity contribution in [1.29, 1.82) is 0 Å². The summed E-state index contributed by atoms with van der Waals surface area (Å²) in [5, 5.41) is 9.61. The predicted molar refractivity (Wildman–Crippen MR) is 103 cm³/mol. The third kappa shape index (κ3) is 4.00. The van der Waals surface area contributed by atoms with Gasteiger partial charge in [-0.15, -0.1) is 0 Å². The zero-order chi connectivity index (χ0) is 18.7. The van der Waals surface area contributed by atoms with E-state index in [1.165, 1.54) is 24.3 Å². The van der Waals surface area contributed by atoms with Gasteiger partial charge in [0.25, 0.3) is 5.91 Å². The molecule has 0 saturated carbocycles. The number of carboxylic acids is 1. The van der Waals surface area contributed by atoms with Crippen LogP contribution in [0.25, 0.3) is 6.08 Å². The molecule has 1 aliphatic heterocycles. The Balaban J connectivity index is 1.88. The lowest BCUT2D eigenvalue weighted by Gasteiger charge is -2.23. The largest absolute Gasteiger partial charge is 0.480 e. The summed E-state index contributed by atoms with van der Waals surface area (Å²) in [6, 6.07) is 13.8. The topological polar surface area (TPSA) is 57.6 Å². The first-order valence-electron chi connectivity index (χ1n) is 7.75. The van der Waals surface area contributed by atoms with Gasteiger partial charge in [-0.1, -0.05) is 66.4 Å². The second kappa shape index (κ2) is 7.80. The molecule has 2 aromatic carbocycles. The molecule has 0 aromatic heterocycles. The first kappa shape index (κ1) is 18.3. The van der Waals surface area contributed by atoms with E-state index >= 15 is 0 Å². The summed E-state index contributed by atoms with van der Waals surface area (Å²) < 4.78 is 13.5. The molecule has 1 fully saturated rings. The highest BCUT2D eigenvalue weighted by Gasteiger charge is 2.40. The maximum atomic E-state index is 13.3. The molecule has 0 bridgehead atoms. The number of carboxylic acid groups (broad SMARTS) is 1. The van der Waals surface area contributed by atoms with Crippen molar-refractivity contribution in [2.75, 3.05) is 0 Å². The smallest absolute Gasteiger partial charge is 0.327 e. The Morgan fingerprint density at radius 3 is 2.62 bits per heavy atom. The second-order valence-electron chi connectivity index (χ2n) is 5.65. The van der Waals surface area contributed by atoms with E-state index in [1.807, 2.05) is 18.2 Å². The molecule has 0 aliphatic carbocycles. The van der Waals surface area contributed by atoms with E-state index in [2.05, 4.69) is 0 Å². The SMILES string of the molecule is O=C(O)C(Cc1ccccc1)N1C(=O)/C(=C\c2cccc(F)c2)SC1=S. The zero-order valence-corrected chi connectivity index (χ0v) is 15.1. The maximum Gasteiger partial charge on any atom is 0.327 e. The summed E-state index contributed by atoms with van der Waals surface area (Å²) in [6.45, 7) is 0. The number of amides is 1. The highest BCUT2D eigenvalue weighted by Crippen LogP contribution is 2.34. The van der Waals surface area contributed by atoms with Gasteiger partial charge in [0.15, 0.2) is 0 Å². The first-order valence-corrected chi connectivity index (χ1v) is 8.97. The minimum Gasteiger partial charge on any atom is -0.480 e. The Morgan fingerprint density at radius 2 is 1.96 bits per heavy atom. The monoisotopic (exact) mass is 387 g/mol. The number of aliphatic carboxylic acids is 1. The molecular weight excluding hydrogens is 373 g/mol. The summed E-state index contributed by atoms with van der Waals surface area (Å²) in [5.41, 5.74) is 1.31. The van der Waals surface area contributed by atoms with Crippen molar-refractivity contribution in [3.63, 3.8) is 0 Å². The summed E-state index contributed by atoms with van der Waals surface area (Å²) >= 11 is 6.26. The Labute approximate surface area is 159 Å². The van der Waals surface area contributed by atoms with Crippen LogP contribution in [0.5, 0.6) is 0 Å². The second-order valence-corrected chi connectivity index (χ2v) is 7.33. The van der Waals surface area contributed by atoms with Crippen LogP contribution in [0.1, 0.15) is 11.1 Å². The molecule has 1 N–H and O–H groups in total. The zero-order valence-electron chi connectivity index (χ0n) is 13.5. The summed E-state index contributed by atoms with van der Waals surface area (Å²) in [7, 11) is 0. The Kier molecular flexibility index (Phi) is 5.49. The summed E-state index contributed by atoms with van der Waals surface area (Å²) in [6.07, 6.45) is 1.67. The van der Waals surface area contributed by atoms with Crippen molar-refractivity contribution < 1.29 is 19.1 Å².